The van der Waals surface area contributed by atoms with Crippen molar-refractivity contribution in [3.05, 3.63) is 33.8 Å². The van der Waals surface area contributed by atoms with Crippen molar-refractivity contribution in [2.75, 3.05) is 13.1 Å². The lowest BCUT2D eigenvalue weighted by Crippen LogP contribution is -2.31. The zero-order chi connectivity index (χ0) is 13.4. The van der Waals surface area contributed by atoms with Crippen LogP contribution in [0.1, 0.15) is 35.6 Å². The molecule has 0 aliphatic carbocycles. The molecule has 0 unspecified atom stereocenters. The molecule has 1 fully saturated rings. The zero-order valence-corrected chi connectivity index (χ0v) is 11.4. The summed E-state index contributed by atoms with van der Waals surface area (Å²) < 4.78 is 0. The lowest BCUT2D eigenvalue weighted by atomic mass is 9.91. The number of carboxylic acid groups (broad SMARTS) is 1. The predicted molar refractivity (Wildman–Crippen MR) is 73.6 cm³/mol. The molecule has 0 aromatic heterocycles. The van der Waals surface area contributed by atoms with E-state index in [-0.39, 0.29) is 6.04 Å². The van der Waals surface area contributed by atoms with Crippen molar-refractivity contribution in [3.63, 3.8) is 0 Å². The van der Waals surface area contributed by atoms with Crippen molar-refractivity contribution < 1.29 is 9.90 Å². The van der Waals surface area contributed by atoms with Gasteiger partial charge in [0.15, 0.2) is 0 Å². The summed E-state index contributed by atoms with van der Waals surface area (Å²) in [6, 6.07) is 3.92. The van der Waals surface area contributed by atoms with Crippen molar-refractivity contribution in [1.29, 1.82) is 0 Å². The third-order valence-electron chi connectivity index (χ3n) is 4.07. The molecule has 1 saturated heterocycles. The molecule has 2 aliphatic rings. The third kappa shape index (κ3) is 2.30. The SMILES string of the molecule is O=C(O)N1CCC[C@H]1c1cc(Cl)cc2c1CNCC2. The Labute approximate surface area is 117 Å². The maximum Gasteiger partial charge on any atom is 0.407 e. The molecule has 1 amide bonds. The van der Waals surface area contributed by atoms with Gasteiger partial charge in [0.25, 0.3) is 0 Å². The quantitative estimate of drug-likeness (QED) is 0.832. The minimum atomic E-state index is -0.833. The Balaban J connectivity index is 2.04. The van der Waals surface area contributed by atoms with Gasteiger partial charge in [-0.15, -0.1) is 0 Å². The van der Waals surface area contributed by atoms with Crippen LogP contribution in [0.15, 0.2) is 12.1 Å². The van der Waals surface area contributed by atoms with Crippen molar-refractivity contribution >= 4 is 17.7 Å². The Kier molecular flexibility index (Phi) is 3.37. The number of hydrogen-bond donors (Lipinski definition) is 2. The van der Waals surface area contributed by atoms with Gasteiger partial charge in [0.1, 0.15) is 0 Å². The lowest BCUT2D eigenvalue weighted by molar-refractivity contribution is 0.140. The fourth-order valence-corrected chi connectivity index (χ4v) is 3.46. The van der Waals surface area contributed by atoms with Crippen LogP contribution in [0.2, 0.25) is 5.02 Å². The van der Waals surface area contributed by atoms with Gasteiger partial charge >= 0.3 is 6.09 Å². The van der Waals surface area contributed by atoms with Crippen LogP contribution in [0.4, 0.5) is 4.79 Å². The summed E-state index contributed by atoms with van der Waals surface area (Å²) >= 11 is 6.20. The Morgan fingerprint density at radius 2 is 2.32 bits per heavy atom. The maximum atomic E-state index is 11.3. The fourth-order valence-electron chi connectivity index (χ4n) is 3.21. The fraction of sp³-hybridized carbons (Fsp3) is 0.500. The monoisotopic (exact) mass is 280 g/mol. The molecule has 2 N–H and O–H groups in total. The van der Waals surface area contributed by atoms with Gasteiger partial charge in [-0.3, -0.25) is 0 Å². The highest BCUT2D eigenvalue weighted by atomic mass is 35.5. The Morgan fingerprint density at radius 3 is 3.11 bits per heavy atom. The second-order valence-electron chi connectivity index (χ2n) is 5.19. The summed E-state index contributed by atoms with van der Waals surface area (Å²) in [6.07, 6.45) is 1.94. The van der Waals surface area contributed by atoms with Crippen molar-refractivity contribution in [3.8, 4) is 0 Å². The standard InChI is InChI=1S/C14H17ClN2O2/c15-10-6-9-3-4-16-8-12(9)11(7-10)13-2-1-5-17(13)14(18)19/h6-7,13,16H,1-5,8H2,(H,18,19)/t13-/m0/s1. The van der Waals surface area contributed by atoms with Gasteiger partial charge in [-0.2, -0.15) is 0 Å². The van der Waals surface area contributed by atoms with E-state index in [2.05, 4.69) is 5.32 Å². The smallest absolute Gasteiger partial charge is 0.407 e. The first-order chi connectivity index (χ1) is 9.16. The van der Waals surface area contributed by atoms with E-state index in [4.69, 9.17) is 11.6 Å². The first kappa shape index (κ1) is 12.8. The largest absolute Gasteiger partial charge is 0.465 e. The molecule has 5 heteroatoms. The number of fused-ring (bicyclic) bond motifs is 1. The number of nitrogens with zero attached hydrogens (tertiary/aromatic N) is 1. The number of rotatable bonds is 1. The van der Waals surface area contributed by atoms with Gasteiger partial charge in [-0.1, -0.05) is 11.6 Å². The molecular formula is C14H17ClN2O2. The van der Waals surface area contributed by atoms with Crippen LogP contribution in [-0.4, -0.2) is 29.2 Å². The van der Waals surface area contributed by atoms with Crippen LogP contribution < -0.4 is 5.32 Å². The molecule has 2 heterocycles. The second kappa shape index (κ2) is 5.02. The highest BCUT2D eigenvalue weighted by Crippen LogP contribution is 2.37. The average molecular weight is 281 g/mol. The van der Waals surface area contributed by atoms with E-state index in [9.17, 15) is 9.90 Å². The van der Waals surface area contributed by atoms with Crippen LogP contribution in [0, 0.1) is 0 Å². The van der Waals surface area contributed by atoms with Gasteiger partial charge in [0.05, 0.1) is 6.04 Å². The lowest BCUT2D eigenvalue weighted by Gasteiger charge is -2.28. The van der Waals surface area contributed by atoms with Crippen LogP contribution in [0.25, 0.3) is 0 Å². The average Bonchev–Trinajstić information content (AvgIpc) is 2.86. The van der Waals surface area contributed by atoms with E-state index in [0.717, 1.165) is 37.9 Å². The third-order valence-corrected chi connectivity index (χ3v) is 4.29. The van der Waals surface area contributed by atoms with E-state index in [1.807, 2.05) is 12.1 Å². The van der Waals surface area contributed by atoms with E-state index >= 15 is 0 Å². The highest BCUT2D eigenvalue weighted by Gasteiger charge is 2.32. The summed E-state index contributed by atoms with van der Waals surface area (Å²) in [5.41, 5.74) is 3.60. The van der Waals surface area contributed by atoms with Crippen LogP contribution in [-0.2, 0) is 13.0 Å². The molecule has 1 aromatic carbocycles. The molecule has 1 aromatic rings. The first-order valence-electron chi connectivity index (χ1n) is 6.68. The number of hydrogen-bond acceptors (Lipinski definition) is 2. The second-order valence-corrected chi connectivity index (χ2v) is 5.63. The van der Waals surface area contributed by atoms with Crippen molar-refractivity contribution in [1.82, 2.24) is 10.2 Å². The summed E-state index contributed by atoms with van der Waals surface area (Å²) in [5, 5.41) is 13.4. The molecule has 102 valence electrons. The highest BCUT2D eigenvalue weighted by molar-refractivity contribution is 6.30. The number of benzene rings is 1. The summed E-state index contributed by atoms with van der Waals surface area (Å²) in [4.78, 5) is 12.9. The van der Waals surface area contributed by atoms with Crippen molar-refractivity contribution in [2.24, 2.45) is 0 Å². The number of amides is 1. The van der Waals surface area contributed by atoms with Crippen LogP contribution in [0.3, 0.4) is 0 Å². The number of likely N-dealkylation sites (tertiary alicyclic amines) is 1. The zero-order valence-electron chi connectivity index (χ0n) is 10.7. The number of nitrogens with one attached hydrogen (secondary N) is 1. The number of carbonyl (C=O) groups is 1. The van der Waals surface area contributed by atoms with E-state index in [0.29, 0.717) is 11.6 Å². The molecule has 3 rings (SSSR count). The van der Waals surface area contributed by atoms with Gasteiger partial charge in [-0.05, 0) is 54.6 Å². The van der Waals surface area contributed by atoms with E-state index in [1.165, 1.54) is 11.1 Å². The topological polar surface area (TPSA) is 52.6 Å². The van der Waals surface area contributed by atoms with E-state index in [1.54, 1.807) is 4.90 Å². The van der Waals surface area contributed by atoms with Crippen LogP contribution >= 0.6 is 11.6 Å². The molecule has 4 nitrogen and oxygen atoms in total. The summed E-state index contributed by atoms with van der Waals surface area (Å²) in [5.74, 6) is 0. The Hall–Kier alpha value is -1.26. The minimum Gasteiger partial charge on any atom is -0.465 e. The normalized spacial score (nSPS) is 22.4. The maximum absolute atomic E-state index is 11.3. The molecule has 2 aliphatic heterocycles. The van der Waals surface area contributed by atoms with Gasteiger partial charge in [0.2, 0.25) is 0 Å². The number of halogens is 1. The van der Waals surface area contributed by atoms with Gasteiger partial charge in [-0.25, -0.2) is 4.79 Å². The summed E-state index contributed by atoms with van der Waals surface area (Å²) in [6.45, 7) is 2.39. The van der Waals surface area contributed by atoms with Gasteiger partial charge < -0.3 is 15.3 Å². The molecule has 1 atom stereocenters. The molecule has 0 spiro atoms. The molecular weight excluding hydrogens is 264 g/mol. The predicted octanol–water partition coefficient (Wildman–Crippen LogP) is 2.80. The van der Waals surface area contributed by atoms with Crippen molar-refractivity contribution in [2.45, 2.75) is 31.8 Å². The first-order valence-corrected chi connectivity index (χ1v) is 7.06. The molecule has 0 bridgehead atoms. The Morgan fingerprint density at radius 1 is 1.47 bits per heavy atom. The van der Waals surface area contributed by atoms with E-state index < -0.39 is 6.09 Å². The Bertz CT molecular complexity index is 518. The summed E-state index contributed by atoms with van der Waals surface area (Å²) in [7, 11) is 0. The van der Waals surface area contributed by atoms with Crippen LogP contribution in [0.5, 0.6) is 0 Å². The van der Waals surface area contributed by atoms with Gasteiger partial charge in [0, 0.05) is 18.1 Å². The molecule has 0 saturated carbocycles. The minimum absolute atomic E-state index is 0.0372. The molecule has 19 heavy (non-hydrogen) atoms. The molecule has 0 radical (unpaired) electrons.